The monoisotopic (exact) mass is 272 g/mol. The van der Waals surface area contributed by atoms with Gasteiger partial charge in [0.15, 0.2) is 0 Å². The molecule has 0 spiro atoms. The van der Waals surface area contributed by atoms with Crippen LogP contribution in [-0.2, 0) is 38.1 Å². The molecule has 4 N–H and O–H groups in total. The molecule has 0 heterocycles. The Hall–Kier alpha value is -2.68. The standard InChI is InChI=1S/C2O2.2CO2.2CO.2CH4.2H2O.2H2/c3-1-2-4;2*2-1-3;2*1-2;;;;;;/h;;;;;2*1H4;2*1H2;2*1H. The molecule has 0 aliphatic carbocycles. The van der Waals surface area contributed by atoms with Crippen LogP contribution >= 0.6 is 0 Å². The summed E-state index contributed by atoms with van der Waals surface area (Å²) in [7, 11) is 0. The maximum atomic E-state index is 8.62. The quantitative estimate of drug-likeness (QED) is 0.278. The summed E-state index contributed by atoms with van der Waals surface area (Å²) in [6.07, 6.45) is 0.500. The molecule has 108 valence electrons. The Balaban J connectivity index is -0.00000000534. The molecule has 0 atom stereocenters. The first kappa shape index (κ1) is 78.7. The molecule has 0 aromatic carbocycles. The van der Waals surface area contributed by atoms with Crippen molar-refractivity contribution in [1.82, 2.24) is 0 Å². The van der Waals surface area contributed by atoms with Crippen LogP contribution in [0.25, 0.3) is 0 Å². The van der Waals surface area contributed by atoms with Crippen molar-refractivity contribution in [3.63, 3.8) is 0 Å². The molecule has 0 aromatic heterocycles. The van der Waals surface area contributed by atoms with E-state index in [1.165, 1.54) is 0 Å². The minimum absolute atomic E-state index is 0. The Kier molecular flexibility index (Phi) is 6370. The third-order valence-corrected chi connectivity index (χ3v) is 0.0417. The van der Waals surface area contributed by atoms with Crippen LogP contribution in [-0.4, -0.2) is 35.1 Å². The molecule has 0 unspecified atom stereocenters. The van der Waals surface area contributed by atoms with Crippen LogP contribution in [0, 0.1) is 13.3 Å². The summed E-state index contributed by atoms with van der Waals surface area (Å²) in [6.45, 7) is 9.00. The third kappa shape index (κ3) is 716. The van der Waals surface area contributed by atoms with Crippen LogP contribution in [0.1, 0.15) is 17.7 Å². The Bertz CT molecular complexity index is 235. The molecule has 0 amide bonds. The average molecular weight is 272 g/mol. The second-order valence-electron chi connectivity index (χ2n) is 0.371. The first-order chi connectivity index (χ1) is 6.74. The van der Waals surface area contributed by atoms with E-state index in [1.807, 2.05) is 0 Å². The minimum atomic E-state index is 0. The van der Waals surface area contributed by atoms with Crippen LogP contribution in [0.15, 0.2) is 0 Å². The molecule has 0 bridgehead atoms. The summed E-state index contributed by atoms with van der Waals surface area (Å²) >= 11 is 0. The van der Waals surface area contributed by atoms with E-state index < -0.39 is 0 Å². The summed E-state index contributed by atoms with van der Waals surface area (Å²) in [4.78, 5) is 49.8. The van der Waals surface area contributed by atoms with Crippen molar-refractivity contribution in [2.75, 3.05) is 0 Å². The van der Waals surface area contributed by atoms with E-state index in [9.17, 15) is 0 Å². The van der Waals surface area contributed by atoms with Gasteiger partial charge in [-0.1, -0.05) is 14.9 Å². The Morgan fingerprint density at radius 2 is 0.667 bits per heavy atom. The van der Waals surface area contributed by atoms with E-state index in [2.05, 4.69) is 13.3 Å². The maximum absolute atomic E-state index is 8.62. The Labute approximate surface area is 105 Å². The van der Waals surface area contributed by atoms with Gasteiger partial charge in [0.1, 0.15) is 0 Å². The van der Waals surface area contributed by atoms with Crippen LogP contribution in [0.4, 0.5) is 0 Å². The van der Waals surface area contributed by atoms with Crippen LogP contribution in [0.2, 0.25) is 0 Å². The van der Waals surface area contributed by atoms with Gasteiger partial charge in [-0.15, -0.1) is 0 Å². The molecule has 0 aliphatic heterocycles. The fraction of sp³-hybridized carbons (Fsp3) is 0.250. The Morgan fingerprint density at radius 3 is 0.667 bits per heavy atom. The van der Waals surface area contributed by atoms with Crippen molar-refractivity contribution < 1.29 is 51.9 Å². The van der Waals surface area contributed by atoms with Crippen molar-refractivity contribution in [3.8, 4) is 0 Å². The number of hydrogen-bond acceptors (Lipinski definition) is 6. The third-order valence-electron chi connectivity index (χ3n) is 0.0417. The predicted molar refractivity (Wildman–Crippen MR) is 54.2 cm³/mol. The molecule has 10 heteroatoms. The molecular formula is C8H16O10. The normalized spacial score (nSPS) is 1.78. The fourth-order valence-electron chi connectivity index (χ4n) is 0. The van der Waals surface area contributed by atoms with E-state index in [4.69, 9.17) is 38.1 Å². The predicted octanol–water partition coefficient (Wildman–Crippen LogP) is -1.92. The SMILES string of the molecule is C.C.O.O.O=C=C=O.O=C=O.O=C=O.[C-]#[O+].[C-]#[O+].[HH].[HH]. The van der Waals surface area contributed by atoms with E-state index >= 15 is 0 Å². The first-order valence-corrected chi connectivity index (χ1v) is 1.88. The summed E-state index contributed by atoms with van der Waals surface area (Å²) in [5.41, 5.74) is 0. The van der Waals surface area contributed by atoms with Gasteiger partial charge in [0.25, 0.3) is 0 Å². The van der Waals surface area contributed by atoms with E-state index in [-0.39, 0.29) is 41.0 Å². The zero-order chi connectivity index (χ0) is 12.8. The van der Waals surface area contributed by atoms with Gasteiger partial charge in [0.05, 0.1) is 0 Å². The minimum Gasteiger partial charge on any atom is 0 e. The molecule has 0 rings (SSSR count). The summed E-state index contributed by atoms with van der Waals surface area (Å²) in [6, 6.07) is 0. The molecule has 0 aliphatic rings. The molecule has 18 heavy (non-hydrogen) atoms. The number of rotatable bonds is 0. The molecule has 0 aromatic rings. The van der Waals surface area contributed by atoms with Gasteiger partial charge in [0.2, 0.25) is 11.9 Å². The van der Waals surface area contributed by atoms with Gasteiger partial charge in [-0.05, 0) is 0 Å². The van der Waals surface area contributed by atoms with Crippen LogP contribution in [0.5, 0.6) is 0 Å². The summed E-state index contributed by atoms with van der Waals surface area (Å²) in [5.74, 6) is 1.75. The van der Waals surface area contributed by atoms with Crippen LogP contribution < -0.4 is 0 Å². The van der Waals surface area contributed by atoms with Gasteiger partial charge < -0.3 is 11.0 Å². The zero-order valence-corrected chi connectivity index (χ0v) is 7.27. The van der Waals surface area contributed by atoms with Gasteiger partial charge in [0, 0.05) is 2.85 Å². The first-order valence-electron chi connectivity index (χ1n) is 1.88. The zero-order valence-electron chi connectivity index (χ0n) is 7.27. The van der Waals surface area contributed by atoms with Crippen molar-refractivity contribution in [3.05, 3.63) is 13.3 Å². The number of hydrogen-bond donors (Lipinski definition) is 0. The summed E-state index contributed by atoms with van der Waals surface area (Å²) < 4.78 is 15.0. The van der Waals surface area contributed by atoms with E-state index in [0.29, 0.717) is 0 Å². The molecular weight excluding hydrogens is 256 g/mol. The van der Waals surface area contributed by atoms with Gasteiger partial charge in [-0.2, -0.15) is 19.2 Å². The smallest absolute Gasteiger partial charge is 0 e. The molecule has 0 saturated heterocycles. The molecule has 10 nitrogen and oxygen atoms in total. The fourth-order valence-corrected chi connectivity index (χ4v) is 0. The van der Waals surface area contributed by atoms with Gasteiger partial charge in [-0.3, -0.25) is 0 Å². The summed E-state index contributed by atoms with van der Waals surface area (Å²) in [5, 5.41) is 0. The molecule has 0 radical (unpaired) electrons. The van der Waals surface area contributed by atoms with Crippen molar-refractivity contribution in [2.24, 2.45) is 0 Å². The average Bonchev–Trinajstić information content (AvgIpc) is 2.26. The maximum Gasteiger partial charge on any atom is 0 e. The van der Waals surface area contributed by atoms with Crippen molar-refractivity contribution in [2.45, 2.75) is 14.9 Å². The van der Waals surface area contributed by atoms with E-state index in [0.717, 1.165) is 11.9 Å². The Morgan fingerprint density at radius 1 is 0.611 bits per heavy atom. The van der Waals surface area contributed by atoms with Crippen LogP contribution in [0.3, 0.4) is 0 Å². The second kappa shape index (κ2) is 1460. The second-order valence-corrected chi connectivity index (χ2v) is 0.371. The van der Waals surface area contributed by atoms with Crippen molar-refractivity contribution in [1.29, 1.82) is 0 Å². The number of carbonyl (C=O) groups excluding carboxylic acids is 6. The molecule has 0 saturated carbocycles. The van der Waals surface area contributed by atoms with E-state index in [1.54, 1.807) is 0 Å². The topological polar surface area (TPSA) is 205 Å². The van der Waals surface area contributed by atoms with Gasteiger partial charge >= 0.3 is 34.9 Å². The van der Waals surface area contributed by atoms with Gasteiger partial charge in [-0.25, -0.2) is 9.59 Å². The molecule has 0 fully saturated rings. The van der Waals surface area contributed by atoms with Crippen molar-refractivity contribution >= 4 is 24.2 Å². The largest absolute Gasteiger partial charge is 0 e.